The molecule has 1 N–H and O–H groups in total. The first-order chi connectivity index (χ1) is 9.65. The van der Waals surface area contributed by atoms with Crippen molar-refractivity contribution in [1.29, 1.82) is 0 Å². The molecule has 0 saturated carbocycles. The minimum Gasteiger partial charge on any atom is -0.388 e. The van der Waals surface area contributed by atoms with Gasteiger partial charge in [-0.2, -0.15) is 5.10 Å². The van der Waals surface area contributed by atoms with Gasteiger partial charge in [0.1, 0.15) is 0 Å². The monoisotopic (exact) mass is 272 g/mol. The minimum absolute atomic E-state index is 0.170. The summed E-state index contributed by atoms with van der Waals surface area (Å²) >= 11 is 0. The molecule has 2 rings (SSSR count). The molecule has 0 fully saturated rings. The lowest BCUT2D eigenvalue weighted by molar-refractivity contribution is 0.116. The van der Waals surface area contributed by atoms with Crippen LogP contribution in [0.3, 0.4) is 0 Å². The molecule has 0 spiro atoms. The summed E-state index contributed by atoms with van der Waals surface area (Å²) in [5.41, 5.74) is 3.33. The number of aliphatic hydroxyl groups is 1. The molecule has 2 atom stereocenters. The van der Waals surface area contributed by atoms with Crippen LogP contribution in [0, 0.1) is 5.92 Å². The number of aromatic nitrogens is 2. The maximum absolute atomic E-state index is 10.4. The summed E-state index contributed by atoms with van der Waals surface area (Å²) < 4.78 is 2.05. The van der Waals surface area contributed by atoms with Gasteiger partial charge < -0.3 is 5.11 Å². The summed E-state index contributed by atoms with van der Waals surface area (Å²) in [4.78, 5) is 0. The number of aliphatic hydroxyl groups excluding tert-OH is 1. The van der Waals surface area contributed by atoms with Gasteiger partial charge in [0.25, 0.3) is 0 Å². The van der Waals surface area contributed by atoms with Crippen LogP contribution in [-0.2, 0) is 19.4 Å². The fourth-order valence-electron chi connectivity index (χ4n) is 2.55. The van der Waals surface area contributed by atoms with Gasteiger partial charge in [0, 0.05) is 12.2 Å². The molecule has 20 heavy (non-hydrogen) atoms. The van der Waals surface area contributed by atoms with E-state index in [2.05, 4.69) is 31.9 Å². The third kappa shape index (κ3) is 3.28. The molecular weight excluding hydrogens is 248 g/mol. The van der Waals surface area contributed by atoms with Crippen LogP contribution in [0.25, 0.3) is 0 Å². The van der Waals surface area contributed by atoms with Crippen molar-refractivity contribution in [2.45, 2.75) is 46.3 Å². The highest BCUT2D eigenvalue weighted by Crippen LogP contribution is 2.25. The molecule has 0 aliphatic heterocycles. The molecule has 3 heteroatoms. The van der Waals surface area contributed by atoms with Crippen molar-refractivity contribution in [3.05, 3.63) is 53.3 Å². The number of benzene rings is 1. The summed E-state index contributed by atoms with van der Waals surface area (Å²) in [6, 6.07) is 12.0. The second-order valence-electron chi connectivity index (χ2n) is 5.33. The number of hydrogen-bond donors (Lipinski definition) is 1. The average Bonchev–Trinajstić information content (AvgIpc) is 2.89. The van der Waals surface area contributed by atoms with Gasteiger partial charge in [-0.15, -0.1) is 0 Å². The smallest absolute Gasteiger partial charge is 0.0819 e. The Morgan fingerprint density at radius 3 is 2.50 bits per heavy atom. The van der Waals surface area contributed by atoms with Crippen LogP contribution in [0.2, 0.25) is 0 Å². The van der Waals surface area contributed by atoms with E-state index in [1.807, 2.05) is 35.0 Å². The van der Waals surface area contributed by atoms with Crippen molar-refractivity contribution in [2.75, 3.05) is 0 Å². The number of nitrogens with zero attached hydrogens (tertiary/aromatic N) is 2. The third-order valence-corrected chi connectivity index (χ3v) is 3.79. The van der Waals surface area contributed by atoms with Crippen LogP contribution in [0.1, 0.15) is 43.8 Å². The van der Waals surface area contributed by atoms with E-state index in [0.29, 0.717) is 0 Å². The van der Waals surface area contributed by atoms with E-state index in [1.165, 1.54) is 5.69 Å². The molecule has 0 saturated heterocycles. The Bertz CT molecular complexity index is 533. The van der Waals surface area contributed by atoms with Crippen molar-refractivity contribution in [3.63, 3.8) is 0 Å². The van der Waals surface area contributed by atoms with E-state index < -0.39 is 6.10 Å². The van der Waals surface area contributed by atoms with Crippen molar-refractivity contribution in [1.82, 2.24) is 9.78 Å². The molecule has 2 aromatic rings. The van der Waals surface area contributed by atoms with Crippen LogP contribution < -0.4 is 0 Å². The number of rotatable bonds is 6. The Hall–Kier alpha value is -1.61. The lowest BCUT2D eigenvalue weighted by Crippen LogP contribution is -2.14. The molecule has 0 aliphatic carbocycles. The second-order valence-corrected chi connectivity index (χ2v) is 5.33. The van der Waals surface area contributed by atoms with Crippen LogP contribution >= 0.6 is 0 Å². The summed E-state index contributed by atoms with van der Waals surface area (Å²) in [7, 11) is 0. The zero-order valence-electron chi connectivity index (χ0n) is 12.6. The summed E-state index contributed by atoms with van der Waals surface area (Å²) in [6.07, 6.45) is 1.37. The van der Waals surface area contributed by atoms with Crippen LogP contribution in [0.4, 0.5) is 0 Å². The predicted octanol–water partition coefficient (Wildman–Crippen LogP) is 3.38. The zero-order valence-corrected chi connectivity index (χ0v) is 12.6. The van der Waals surface area contributed by atoms with E-state index in [4.69, 9.17) is 0 Å². The molecule has 108 valence electrons. The largest absolute Gasteiger partial charge is 0.388 e. The van der Waals surface area contributed by atoms with Gasteiger partial charge >= 0.3 is 0 Å². The summed E-state index contributed by atoms with van der Waals surface area (Å²) in [5, 5.41) is 15.0. The van der Waals surface area contributed by atoms with E-state index >= 15 is 0 Å². The Morgan fingerprint density at radius 2 is 1.90 bits per heavy atom. The molecular formula is C17H24N2O. The van der Waals surface area contributed by atoms with Gasteiger partial charge in [-0.25, -0.2) is 0 Å². The molecule has 2 unspecified atom stereocenters. The van der Waals surface area contributed by atoms with Crippen molar-refractivity contribution in [3.8, 4) is 0 Å². The van der Waals surface area contributed by atoms with Gasteiger partial charge in [0.05, 0.1) is 11.8 Å². The van der Waals surface area contributed by atoms with Gasteiger partial charge in [-0.05, 0) is 37.3 Å². The highest BCUT2D eigenvalue weighted by Gasteiger charge is 2.18. The third-order valence-electron chi connectivity index (χ3n) is 3.79. The lowest BCUT2D eigenvalue weighted by atomic mass is 9.93. The summed E-state index contributed by atoms with van der Waals surface area (Å²) in [5.74, 6) is 0.170. The van der Waals surface area contributed by atoms with Crippen molar-refractivity contribution in [2.24, 2.45) is 5.92 Å². The molecule has 0 aliphatic rings. The Kier molecular flexibility index (Phi) is 4.96. The minimum atomic E-state index is -0.429. The van der Waals surface area contributed by atoms with E-state index in [9.17, 15) is 5.11 Å². The van der Waals surface area contributed by atoms with Crippen LogP contribution in [0.15, 0.2) is 36.4 Å². The van der Waals surface area contributed by atoms with Gasteiger partial charge in [-0.3, -0.25) is 4.68 Å². The maximum Gasteiger partial charge on any atom is 0.0819 e. The van der Waals surface area contributed by atoms with E-state index in [0.717, 1.165) is 30.6 Å². The van der Waals surface area contributed by atoms with Crippen molar-refractivity contribution >= 4 is 0 Å². The molecule has 1 aromatic heterocycles. The number of aryl methyl sites for hydroxylation is 2. The van der Waals surface area contributed by atoms with Gasteiger partial charge in [-0.1, -0.05) is 44.2 Å². The fourth-order valence-corrected chi connectivity index (χ4v) is 2.55. The molecule has 1 heterocycles. The number of hydrogen-bond acceptors (Lipinski definition) is 2. The predicted molar refractivity (Wildman–Crippen MR) is 81.5 cm³/mol. The topological polar surface area (TPSA) is 38.0 Å². The van der Waals surface area contributed by atoms with Gasteiger partial charge in [0.2, 0.25) is 0 Å². The Labute approximate surface area is 121 Å². The van der Waals surface area contributed by atoms with Gasteiger partial charge in [0.15, 0.2) is 0 Å². The highest BCUT2D eigenvalue weighted by atomic mass is 16.3. The molecule has 0 amide bonds. The normalized spacial score (nSPS) is 14.2. The Morgan fingerprint density at radius 1 is 1.20 bits per heavy atom. The Balaban J connectivity index is 2.11. The van der Waals surface area contributed by atoms with E-state index in [1.54, 1.807) is 0 Å². The second kappa shape index (κ2) is 6.71. The first-order valence-electron chi connectivity index (χ1n) is 7.44. The molecule has 1 aromatic carbocycles. The van der Waals surface area contributed by atoms with Crippen molar-refractivity contribution < 1.29 is 5.11 Å². The zero-order chi connectivity index (χ0) is 14.5. The first kappa shape index (κ1) is 14.8. The first-order valence-corrected chi connectivity index (χ1v) is 7.44. The van der Waals surface area contributed by atoms with Crippen LogP contribution in [-0.4, -0.2) is 14.9 Å². The molecule has 3 nitrogen and oxygen atoms in total. The molecule has 0 bridgehead atoms. The average molecular weight is 272 g/mol. The summed E-state index contributed by atoms with van der Waals surface area (Å²) in [6.45, 7) is 7.20. The lowest BCUT2D eigenvalue weighted by Gasteiger charge is -2.19. The maximum atomic E-state index is 10.4. The SMILES string of the molecule is CCc1cc(CC(C)C(O)c2ccccc2)n(CC)n1. The standard InChI is InChI=1S/C17H24N2O/c1-4-15-12-16(19(5-2)18-15)11-13(3)17(20)14-9-7-6-8-10-14/h6-10,12-13,17,20H,4-5,11H2,1-3H3. The van der Waals surface area contributed by atoms with E-state index in [-0.39, 0.29) is 5.92 Å². The van der Waals surface area contributed by atoms with Crippen LogP contribution in [0.5, 0.6) is 0 Å². The quantitative estimate of drug-likeness (QED) is 0.875. The highest BCUT2D eigenvalue weighted by molar-refractivity contribution is 5.19. The molecule has 0 radical (unpaired) electrons. The fraction of sp³-hybridized carbons (Fsp3) is 0.471.